The third-order valence-electron chi connectivity index (χ3n) is 10.1. The molecule has 3 atom stereocenters. The van der Waals surface area contributed by atoms with Crippen molar-refractivity contribution >= 4 is 24.2 Å². The Labute approximate surface area is 304 Å². The van der Waals surface area contributed by atoms with Crippen molar-refractivity contribution in [3.8, 4) is 0 Å². The maximum absolute atomic E-state index is 14.5. The number of rotatable bonds is 15. The lowest BCUT2D eigenvalue weighted by Gasteiger charge is -2.39. The predicted molar refractivity (Wildman–Crippen MR) is 200 cm³/mol. The van der Waals surface area contributed by atoms with Gasteiger partial charge in [-0.2, -0.15) is 8.42 Å². The SMILES string of the molecule is Cc1ccc(S(=O)(=O)OC[C@@H](CC(C)(C)[Si](C)(C)O)[C@@H]2OC(C)(C)O[C@@H]2C(=O)COC(c2ccccc2)(c2ccccc2)c2ccccc2)cc1. The molecule has 51 heavy (non-hydrogen) atoms. The molecule has 0 saturated carbocycles. The average Bonchev–Trinajstić information content (AvgIpc) is 3.43. The molecule has 0 spiro atoms. The van der Waals surface area contributed by atoms with Crippen LogP contribution >= 0.6 is 0 Å². The quantitative estimate of drug-likeness (QED) is 0.0751. The van der Waals surface area contributed by atoms with Crippen LogP contribution in [0.2, 0.25) is 18.1 Å². The Kier molecular flexibility index (Phi) is 11.6. The summed E-state index contributed by atoms with van der Waals surface area (Å²) in [6.07, 6.45) is -1.67. The van der Waals surface area contributed by atoms with Gasteiger partial charge in [0, 0.05) is 5.92 Å². The van der Waals surface area contributed by atoms with Gasteiger partial charge in [0.25, 0.3) is 10.1 Å². The third-order valence-corrected chi connectivity index (χ3v) is 14.9. The van der Waals surface area contributed by atoms with Crippen LogP contribution in [0.3, 0.4) is 0 Å². The summed E-state index contributed by atoms with van der Waals surface area (Å²) in [6, 6.07) is 35.8. The molecule has 0 radical (unpaired) electrons. The number of benzene rings is 4. The van der Waals surface area contributed by atoms with E-state index in [-0.39, 0.29) is 23.9 Å². The number of ether oxygens (including phenoxy) is 3. The highest BCUT2D eigenvalue weighted by molar-refractivity contribution is 7.86. The average molecular weight is 731 g/mol. The predicted octanol–water partition coefficient (Wildman–Crippen LogP) is 7.78. The van der Waals surface area contributed by atoms with Crippen molar-refractivity contribution in [1.29, 1.82) is 0 Å². The van der Waals surface area contributed by atoms with E-state index in [1.54, 1.807) is 26.0 Å². The Hall–Kier alpha value is -3.48. The van der Waals surface area contributed by atoms with Crippen LogP contribution in [0.5, 0.6) is 0 Å². The minimum Gasteiger partial charge on any atom is -0.432 e. The molecule has 10 heteroatoms. The standard InChI is InChI=1S/C41H50O8SSi/c1-30-23-25-35(26-24-30)50(43,44)47-28-31(27-39(2,3)51(6,7)45)37-38(49-40(4,5)48-37)36(42)29-46-41(32-17-11-8-12-18-32,33-19-13-9-14-20-33)34-21-15-10-16-22-34/h8-26,31,37-38,45H,27-29H2,1-7H3/t31-,37+,38-/m1/s1. The molecule has 0 unspecified atom stereocenters. The summed E-state index contributed by atoms with van der Waals surface area (Å²) in [6.45, 7) is 12.3. The van der Waals surface area contributed by atoms with E-state index in [0.29, 0.717) is 6.42 Å². The Balaban J connectivity index is 1.50. The number of ketones is 1. The summed E-state index contributed by atoms with van der Waals surface area (Å²) < 4.78 is 52.0. The van der Waals surface area contributed by atoms with Crippen molar-refractivity contribution in [2.75, 3.05) is 13.2 Å². The fourth-order valence-electron chi connectivity index (χ4n) is 6.54. The van der Waals surface area contributed by atoms with Gasteiger partial charge in [-0.15, -0.1) is 0 Å². The Bertz CT molecular complexity index is 1760. The maximum atomic E-state index is 14.5. The first-order chi connectivity index (χ1) is 24.0. The summed E-state index contributed by atoms with van der Waals surface area (Å²) in [7, 11) is -6.93. The van der Waals surface area contributed by atoms with Crippen LogP contribution < -0.4 is 0 Å². The first-order valence-corrected chi connectivity index (χ1v) is 21.7. The van der Waals surface area contributed by atoms with Crippen molar-refractivity contribution in [2.45, 2.75) is 87.7 Å². The Morgan fingerprint density at radius 2 is 1.29 bits per heavy atom. The number of hydrogen-bond acceptors (Lipinski definition) is 8. The second kappa shape index (κ2) is 15.2. The third kappa shape index (κ3) is 8.77. The van der Waals surface area contributed by atoms with Crippen LogP contribution in [0.4, 0.5) is 0 Å². The molecule has 1 saturated heterocycles. The van der Waals surface area contributed by atoms with E-state index in [1.165, 1.54) is 12.1 Å². The van der Waals surface area contributed by atoms with E-state index in [1.807, 2.05) is 125 Å². The molecule has 1 aliphatic rings. The van der Waals surface area contributed by atoms with Gasteiger partial charge < -0.3 is 19.0 Å². The van der Waals surface area contributed by atoms with Gasteiger partial charge in [-0.05, 0) is 74.1 Å². The molecule has 1 fully saturated rings. The van der Waals surface area contributed by atoms with Crippen LogP contribution in [0.15, 0.2) is 120 Å². The zero-order chi connectivity index (χ0) is 37.1. The number of hydrogen-bond donors (Lipinski definition) is 1. The van der Waals surface area contributed by atoms with Crippen LogP contribution in [0.25, 0.3) is 0 Å². The van der Waals surface area contributed by atoms with Crippen molar-refractivity contribution in [3.05, 3.63) is 138 Å². The van der Waals surface area contributed by atoms with Crippen molar-refractivity contribution < 1.29 is 36.4 Å². The highest BCUT2D eigenvalue weighted by Gasteiger charge is 2.52. The summed E-state index contributed by atoms with van der Waals surface area (Å²) in [4.78, 5) is 25.8. The zero-order valence-corrected chi connectivity index (χ0v) is 32.4. The van der Waals surface area contributed by atoms with E-state index >= 15 is 0 Å². The van der Waals surface area contributed by atoms with Gasteiger partial charge in [0.2, 0.25) is 0 Å². The van der Waals surface area contributed by atoms with E-state index < -0.39 is 53.0 Å². The Morgan fingerprint density at radius 3 is 1.75 bits per heavy atom. The lowest BCUT2D eigenvalue weighted by Crippen LogP contribution is -2.46. The minimum absolute atomic E-state index is 0.0343. The molecule has 1 aliphatic heterocycles. The van der Waals surface area contributed by atoms with Gasteiger partial charge in [0.1, 0.15) is 18.3 Å². The molecule has 0 amide bonds. The van der Waals surface area contributed by atoms with Gasteiger partial charge in [-0.3, -0.25) is 8.98 Å². The summed E-state index contributed by atoms with van der Waals surface area (Å²) in [5.41, 5.74) is 2.32. The molecule has 0 aromatic heterocycles. The fraction of sp³-hybridized carbons (Fsp3) is 0.390. The van der Waals surface area contributed by atoms with Crippen LogP contribution in [-0.4, -0.2) is 58.5 Å². The molecule has 1 N–H and O–H groups in total. The van der Waals surface area contributed by atoms with E-state index in [4.69, 9.17) is 18.4 Å². The molecular weight excluding hydrogens is 681 g/mol. The summed E-state index contributed by atoms with van der Waals surface area (Å²) in [5.74, 6) is -2.16. The highest BCUT2D eigenvalue weighted by atomic mass is 32.2. The molecule has 5 rings (SSSR count). The van der Waals surface area contributed by atoms with Crippen LogP contribution in [0.1, 0.15) is 56.4 Å². The lowest BCUT2D eigenvalue weighted by molar-refractivity contribution is -0.160. The highest BCUT2D eigenvalue weighted by Crippen LogP contribution is 2.46. The smallest absolute Gasteiger partial charge is 0.296 e. The number of aryl methyl sites for hydroxylation is 1. The van der Waals surface area contributed by atoms with Crippen molar-refractivity contribution in [1.82, 2.24) is 0 Å². The molecule has 4 aromatic carbocycles. The van der Waals surface area contributed by atoms with Gasteiger partial charge >= 0.3 is 0 Å². The number of carbonyl (C=O) groups is 1. The molecule has 0 aliphatic carbocycles. The number of Topliss-reactive ketones (excluding diaryl/α,β-unsaturated/α-hetero) is 1. The molecule has 272 valence electrons. The monoisotopic (exact) mass is 730 g/mol. The topological polar surface area (TPSA) is 108 Å². The van der Waals surface area contributed by atoms with Gasteiger partial charge in [0.15, 0.2) is 19.9 Å². The normalized spacial score (nSPS) is 18.7. The van der Waals surface area contributed by atoms with Crippen LogP contribution in [0, 0.1) is 12.8 Å². The molecular formula is C41H50O8SSi. The van der Waals surface area contributed by atoms with Gasteiger partial charge in [-0.1, -0.05) is 123 Å². The van der Waals surface area contributed by atoms with Crippen molar-refractivity contribution in [3.63, 3.8) is 0 Å². The minimum atomic E-state index is -4.14. The van der Waals surface area contributed by atoms with Gasteiger partial charge in [0.05, 0.1) is 17.6 Å². The largest absolute Gasteiger partial charge is 0.432 e. The Morgan fingerprint density at radius 1 is 0.824 bits per heavy atom. The second-order valence-corrected chi connectivity index (χ2v) is 21.1. The van der Waals surface area contributed by atoms with Gasteiger partial charge in [-0.25, -0.2) is 0 Å². The first kappa shape index (κ1) is 38.7. The second-order valence-electron chi connectivity index (χ2n) is 15.0. The van der Waals surface area contributed by atoms with Crippen LogP contribution in [-0.2, 0) is 38.9 Å². The number of carbonyl (C=O) groups excluding carboxylic acids is 1. The summed E-state index contributed by atoms with van der Waals surface area (Å²) >= 11 is 0. The molecule has 8 nitrogen and oxygen atoms in total. The molecule has 1 heterocycles. The molecule has 4 aromatic rings. The first-order valence-electron chi connectivity index (χ1n) is 17.3. The van der Waals surface area contributed by atoms with E-state index in [2.05, 4.69) is 0 Å². The maximum Gasteiger partial charge on any atom is 0.296 e. The van der Waals surface area contributed by atoms with E-state index in [9.17, 15) is 18.0 Å². The summed E-state index contributed by atoms with van der Waals surface area (Å²) in [5, 5.41) is -0.599. The fourth-order valence-corrected chi connectivity index (χ4v) is 8.26. The molecule has 0 bridgehead atoms. The van der Waals surface area contributed by atoms with E-state index in [0.717, 1.165) is 22.3 Å². The van der Waals surface area contributed by atoms with Crippen molar-refractivity contribution in [2.24, 2.45) is 5.92 Å². The zero-order valence-electron chi connectivity index (χ0n) is 30.5. The lowest BCUT2D eigenvalue weighted by atomic mass is 9.80.